The van der Waals surface area contributed by atoms with E-state index in [-0.39, 0.29) is 17.7 Å². The lowest BCUT2D eigenvalue weighted by Gasteiger charge is -2.07. The van der Waals surface area contributed by atoms with Crippen molar-refractivity contribution in [3.05, 3.63) is 70.2 Å². The number of carbonyl (C=O) groups excluding carboxylic acids is 1. The first kappa shape index (κ1) is 21.3. The molecule has 0 unspecified atom stereocenters. The molecule has 1 heterocycles. The summed E-state index contributed by atoms with van der Waals surface area (Å²) in [6, 6.07) is 12.8. The fourth-order valence-corrected chi connectivity index (χ4v) is 4.49. The van der Waals surface area contributed by atoms with Gasteiger partial charge in [0, 0.05) is 22.0 Å². The molecule has 3 aromatic rings. The third-order valence-electron chi connectivity index (χ3n) is 5.38. The average molecular weight is 447 g/mol. The number of benzene rings is 2. The van der Waals surface area contributed by atoms with Crippen LogP contribution in [0.25, 0.3) is 10.6 Å². The summed E-state index contributed by atoms with van der Waals surface area (Å²) in [6.45, 7) is 2.42. The molecule has 162 valence electrons. The summed E-state index contributed by atoms with van der Waals surface area (Å²) < 4.78 is 38.2. The zero-order valence-corrected chi connectivity index (χ0v) is 17.3. The van der Waals surface area contributed by atoms with E-state index < -0.39 is 11.7 Å². The van der Waals surface area contributed by atoms with E-state index in [0.29, 0.717) is 17.1 Å². The third-order valence-corrected chi connectivity index (χ3v) is 6.59. The normalized spacial score (nSPS) is 18.0. The van der Waals surface area contributed by atoms with Gasteiger partial charge in [0.15, 0.2) is 0 Å². The largest absolute Gasteiger partial charge is 0.416 e. The van der Waals surface area contributed by atoms with Crippen molar-refractivity contribution in [1.29, 1.82) is 0 Å². The second kappa shape index (κ2) is 8.32. The summed E-state index contributed by atoms with van der Waals surface area (Å²) in [7, 11) is 0. The van der Waals surface area contributed by atoms with Gasteiger partial charge in [-0.15, -0.1) is 11.3 Å². The number of anilines is 1. The van der Waals surface area contributed by atoms with Crippen LogP contribution in [-0.2, 0) is 17.5 Å². The van der Waals surface area contributed by atoms with E-state index in [0.717, 1.165) is 40.4 Å². The zero-order chi connectivity index (χ0) is 22.2. The summed E-state index contributed by atoms with van der Waals surface area (Å²) in [4.78, 5) is 17.0. The van der Waals surface area contributed by atoms with Crippen LogP contribution in [-0.4, -0.2) is 16.1 Å². The molecule has 1 aromatic heterocycles. The Morgan fingerprint density at radius 3 is 2.45 bits per heavy atom. The Morgan fingerprint density at radius 2 is 1.84 bits per heavy atom. The molecular formula is C22H20F3N3O2S. The van der Waals surface area contributed by atoms with Crippen LogP contribution in [0.15, 0.2) is 48.5 Å². The molecule has 0 saturated heterocycles. The molecule has 2 aromatic carbocycles. The Balaban J connectivity index is 1.38. The Bertz CT molecular complexity index is 1080. The predicted molar refractivity (Wildman–Crippen MR) is 112 cm³/mol. The molecule has 1 aliphatic carbocycles. The van der Waals surface area contributed by atoms with Crippen molar-refractivity contribution >= 4 is 22.9 Å². The molecule has 0 spiro atoms. The van der Waals surface area contributed by atoms with Crippen LogP contribution in [0.3, 0.4) is 0 Å². The lowest BCUT2D eigenvalue weighted by atomic mass is 10.1. The van der Waals surface area contributed by atoms with E-state index in [1.165, 1.54) is 23.5 Å². The number of hydrogen-bond donors (Lipinski definition) is 3. The maximum Gasteiger partial charge on any atom is 0.416 e. The van der Waals surface area contributed by atoms with Crippen molar-refractivity contribution in [3.8, 4) is 10.6 Å². The average Bonchev–Trinajstić information content (AvgIpc) is 3.47. The van der Waals surface area contributed by atoms with E-state index in [1.54, 1.807) is 5.48 Å². The number of nitrogens with zero attached hydrogens (tertiary/aromatic N) is 1. The minimum Gasteiger partial charge on any atom is -0.380 e. The number of carbonyl (C=O) groups is 1. The first-order valence-electron chi connectivity index (χ1n) is 9.68. The van der Waals surface area contributed by atoms with Crippen molar-refractivity contribution in [2.75, 3.05) is 5.32 Å². The van der Waals surface area contributed by atoms with Crippen molar-refractivity contribution in [2.45, 2.75) is 32.0 Å². The number of amides is 1. The van der Waals surface area contributed by atoms with Gasteiger partial charge < -0.3 is 5.32 Å². The van der Waals surface area contributed by atoms with Gasteiger partial charge in [-0.2, -0.15) is 13.2 Å². The third kappa shape index (κ3) is 4.72. The minimum atomic E-state index is -4.35. The van der Waals surface area contributed by atoms with Crippen molar-refractivity contribution in [1.82, 2.24) is 10.5 Å². The minimum absolute atomic E-state index is 0.135. The number of alkyl halides is 3. The maximum absolute atomic E-state index is 12.7. The second-order valence-corrected chi connectivity index (χ2v) is 8.59. The van der Waals surface area contributed by atoms with Crippen molar-refractivity contribution < 1.29 is 23.2 Å². The standard InChI is InChI=1S/C22H20F3N3O2S/c1-12-19(31-21(27-12)14-2-6-15(7-3-14)22(23,24)25)11-26-16-8-4-13(5-9-16)17-10-18(17)20(29)28-30/h2-9,17-18,26,30H,10-11H2,1H3,(H,28,29)/t17-,18+/m0/s1. The maximum atomic E-state index is 12.7. The molecule has 1 amide bonds. The van der Waals surface area contributed by atoms with Gasteiger partial charge in [0.05, 0.1) is 17.8 Å². The van der Waals surface area contributed by atoms with Crippen LogP contribution in [0.2, 0.25) is 0 Å². The molecule has 1 fully saturated rings. The van der Waals surface area contributed by atoms with Gasteiger partial charge in [0.2, 0.25) is 5.91 Å². The van der Waals surface area contributed by atoms with Gasteiger partial charge in [-0.3, -0.25) is 10.0 Å². The fraction of sp³-hybridized carbons (Fsp3) is 0.273. The molecule has 5 nitrogen and oxygen atoms in total. The van der Waals surface area contributed by atoms with Gasteiger partial charge >= 0.3 is 6.18 Å². The zero-order valence-electron chi connectivity index (χ0n) is 16.5. The second-order valence-electron chi connectivity index (χ2n) is 7.50. The molecule has 0 bridgehead atoms. The predicted octanol–water partition coefficient (Wildman–Crippen LogP) is 5.36. The van der Waals surface area contributed by atoms with E-state index >= 15 is 0 Å². The first-order chi connectivity index (χ1) is 14.8. The van der Waals surface area contributed by atoms with Crippen LogP contribution < -0.4 is 10.8 Å². The van der Waals surface area contributed by atoms with Crippen LogP contribution in [0, 0.1) is 12.8 Å². The topological polar surface area (TPSA) is 74.2 Å². The van der Waals surface area contributed by atoms with Crippen LogP contribution in [0.1, 0.15) is 34.0 Å². The van der Waals surface area contributed by atoms with E-state index in [9.17, 15) is 18.0 Å². The Kier molecular flexibility index (Phi) is 5.72. The summed E-state index contributed by atoms with van der Waals surface area (Å²) in [5.74, 6) is -0.389. The monoisotopic (exact) mass is 447 g/mol. The SMILES string of the molecule is Cc1nc(-c2ccc(C(F)(F)F)cc2)sc1CNc1ccc([C@@H]2C[C@H]2C(=O)NO)cc1. The van der Waals surface area contributed by atoms with Crippen LogP contribution in [0.4, 0.5) is 18.9 Å². The van der Waals surface area contributed by atoms with Gasteiger partial charge in [0.1, 0.15) is 5.01 Å². The van der Waals surface area contributed by atoms with Gasteiger partial charge in [0.25, 0.3) is 0 Å². The molecule has 0 radical (unpaired) electrons. The summed E-state index contributed by atoms with van der Waals surface area (Å²) in [6.07, 6.45) is -3.63. The molecule has 1 aliphatic rings. The quantitative estimate of drug-likeness (QED) is 0.351. The highest BCUT2D eigenvalue weighted by Gasteiger charge is 2.43. The highest BCUT2D eigenvalue weighted by Crippen LogP contribution is 2.47. The molecule has 3 N–H and O–H groups in total. The summed E-state index contributed by atoms with van der Waals surface area (Å²) >= 11 is 1.45. The number of hydroxylamine groups is 1. The van der Waals surface area contributed by atoms with Gasteiger partial charge in [-0.05, 0) is 49.1 Å². The number of hydrogen-bond acceptors (Lipinski definition) is 5. The number of nitrogens with one attached hydrogen (secondary N) is 2. The van der Waals surface area contributed by atoms with Crippen LogP contribution in [0.5, 0.6) is 0 Å². The Labute approximate surface area is 180 Å². The highest BCUT2D eigenvalue weighted by molar-refractivity contribution is 7.15. The molecule has 9 heteroatoms. The van der Waals surface area contributed by atoms with Gasteiger partial charge in [-0.1, -0.05) is 24.3 Å². The van der Waals surface area contributed by atoms with Crippen molar-refractivity contribution in [3.63, 3.8) is 0 Å². The summed E-state index contributed by atoms with van der Waals surface area (Å²) in [5, 5.41) is 12.7. The number of halogens is 3. The van der Waals surface area contributed by atoms with Crippen LogP contribution >= 0.6 is 11.3 Å². The lowest BCUT2D eigenvalue weighted by molar-refractivity contribution is -0.137. The van der Waals surface area contributed by atoms with E-state index in [1.807, 2.05) is 31.2 Å². The molecular weight excluding hydrogens is 427 g/mol. The Morgan fingerprint density at radius 1 is 1.16 bits per heavy atom. The highest BCUT2D eigenvalue weighted by atomic mass is 32.1. The lowest BCUT2D eigenvalue weighted by Crippen LogP contribution is -2.20. The number of aromatic nitrogens is 1. The van der Waals surface area contributed by atoms with E-state index in [2.05, 4.69) is 10.3 Å². The molecule has 4 rings (SSSR count). The molecule has 31 heavy (non-hydrogen) atoms. The van der Waals surface area contributed by atoms with Gasteiger partial charge in [-0.25, -0.2) is 10.5 Å². The van der Waals surface area contributed by atoms with Crippen molar-refractivity contribution in [2.24, 2.45) is 5.92 Å². The number of aryl methyl sites for hydroxylation is 1. The Hall–Kier alpha value is -2.91. The molecule has 0 aliphatic heterocycles. The molecule has 2 atom stereocenters. The number of rotatable bonds is 6. The smallest absolute Gasteiger partial charge is 0.380 e. The summed E-state index contributed by atoms with van der Waals surface area (Å²) in [5.41, 5.74) is 4.48. The number of thiazole rings is 1. The molecule has 1 saturated carbocycles. The first-order valence-corrected chi connectivity index (χ1v) is 10.5. The van der Waals surface area contributed by atoms with E-state index in [4.69, 9.17) is 5.21 Å². The fourth-order valence-electron chi connectivity index (χ4n) is 3.48.